The molecule has 0 heterocycles. The van der Waals surface area contributed by atoms with Crippen molar-refractivity contribution in [3.05, 3.63) is 35.9 Å². The SMILES string of the molecule is CC(C)NC(=O)CCNC1CC1c1ccccc1. The number of rotatable bonds is 6. The maximum absolute atomic E-state index is 11.5. The van der Waals surface area contributed by atoms with Gasteiger partial charge < -0.3 is 10.6 Å². The Morgan fingerprint density at radius 2 is 2.06 bits per heavy atom. The Kier molecular flexibility index (Phi) is 4.37. The highest BCUT2D eigenvalue weighted by Gasteiger charge is 2.37. The zero-order chi connectivity index (χ0) is 13.0. The smallest absolute Gasteiger partial charge is 0.221 e. The lowest BCUT2D eigenvalue weighted by molar-refractivity contribution is -0.121. The lowest BCUT2D eigenvalue weighted by Gasteiger charge is -2.08. The number of benzene rings is 1. The van der Waals surface area contributed by atoms with Gasteiger partial charge in [-0.25, -0.2) is 0 Å². The Balaban J connectivity index is 1.64. The van der Waals surface area contributed by atoms with Gasteiger partial charge in [-0.1, -0.05) is 30.3 Å². The summed E-state index contributed by atoms with van der Waals surface area (Å²) in [6, 6.07) is 11.4. The molecule has 3 nitrogen and oxygen atoms in total. The van der Waals surface area contributed by atoms with Gasteiger partial charge in [0.05, 0.1) is 0 Å². The lowest BCUT2D eigenvalue weighted by atomic mass is 10.1. The minimum atomic E-state index is 0.134. The van der Waals surface area contributed by atoms with Crippen molar-refractivity contribution in [3.63, 3.8) is 0 Å². The molecular weight excluding hydrogens is 224 g/mol. The van der Waals surface area contributed by atoms with Crippen molar-refractivity contribution < 1.29 is 4.79 Å². The van der Waals surface area contributed by atoms with Crippen LogP contribution in [0.5, 0.6) is 0 Å². The molecule has 1 saturated carbocycles. The van der Waals surface area contributed by atoms with Crippen LogP contribution in [0.15, 0.2) is 30.3 Å². The average Bonchev–Trinajstić information content (AvgIpc) is 3.09. The lowest BCUT2D eigenvalue weighted by Crippen LogP contribution is -2.33. The van der Waals surface area contributed by atoms with E-state index in [1.54, 1.807) is 0 Å². The highest BCUT2D eigenvalue weighted by Crippen LogP contribution is 2.40. The number of carbonyl (C=O) groups excluding carboxylic acids is 1. The first-order valence-electron chi connectivity index (χ1n) is 6.74. The van der Waals surface area contributed by atoms with Gasteiger partial charge in [-0.2, -0.15) is 0 Å². The summed E-state index contributed by atoms with van der Waals surface area (Å²) in [6.07, 6.45) is 1.76. The Hall–Kier alpha value is -1.35. The van der Waals surface area contributed by atoms with Crippen LogP contribution in [-0.2, 0) is 4.79 Å². The van der Waals surface area contributed by atoms with Crippen LogP contribution in [-0.4, -0.2) is 24.5 Å². The fraction of sp³-hybridized carbons (Fsp3) is 0.533. The Morgan fingerprint density at radius 1 is 1.33 bits per heavy atom. The monoisotopic (exact) mass is 246 g/mol. The van der Waals surface area contributed by atoms with E-state index in [1.807, 2.05) is 19.9 Å². The predicted octanol–water partition coefficient (Wildman–Crippen LogP) is 2.05. The number of hydrogen-bond donors (Lipinski definition) is 2. The van der Waals surface area contributed by atoms with Crippen LogP contribution in [0.2, 0.25) is 0 Å². The summed E-state index contributed by atoms with van der Waals surface area (Å²) in [6.45, 7) is 4.74. The van der Waals surface area contributed by atoms with E-state index in [0.717, 1.165) is 6.54 Å². The van der Waals surface area contributed by atoms with Crippen LogP contribution >= 0.6 is 0 Å². The molecule has 2 atom stereocenters. The second-order valence-electron chi connectivity index (χ2n) is 5.29. The van der Waals surface area contributed by atoms with E-state index in [0.29, 0.717) is 18.4 Å². The van der Waals surface area contributed by atoms with Crippen molar-refractivity contribution in [1.82, 2.24) is 10.6 Å². The molecule has 1 aromatic rings. The van der Waals surface area contributed by atoms with E-state index in [1.165, 1.54) is 12.0 Å². The molecule has 1 aliphatic rings. The van der Waals surface area contributed by atoms with E-state index in [4.69, 9.17) is 0 Å². The molecule has 1 fully saturated rings. The molecule has 0 aromatic heterocycles. The topological polar surface area (TPSA) is 41.1 Å². The largest absolute Gasteiger partial charge is 0.354 e. The fourth-order valence-corrected chi connectivity index (χ4v) is 2.25. The first-order valence-corrected chi connectivity index (χ1v) is 6.74. The second-order valence-corrected chi connectivity index (χ2v) is 5.29. The summed E-state index contributed by atoms with van der Waals surface area (Å²) in [7, 11) is 0. The van der Waals surface area contributed by atoms with Gasteiger partial charge in [0.25, 0.3) is 0 Å². The van der Waals surface area contributed by atoms with Gasteiger partial charge >= 0.3 is 0 Å². The summed E-state index contributed by atoms with van der Waals surface area (Å²) < 4.78 is 0. The minimum absolute atomic E-state index is 0.134. The molecule has 3 heteroatoms. The molecular formula is C15H22N2O. The molecule has 1 aromatic carbocycles. The van der Waals surface area contributed by atoms with Crippen molar-refractivity contribution in [3.8, 4) is 0 Å². The van der Waals surface area contributed by atoms with Crippen LogP contribution in [0.4, 0.5) is 0 Å². The molecule has 2 rings (SSSR count). The first-order chi connectivity index (χ1) is 8.66. The zero-order valence-corrected chi connectivity index (χ0v) is 11.1. The predicted molar refractivity (Wildman–Crippen MR) is 73.5 cm³/mol. The Morgan fingerprint density at radius 3 is 2.72 bits per heavy atom. The Labute approximate surface area is 109 Å². The van der Waals surface area contributed by atoms with Crippen molar-refractivity contribution in [2.45, 2.75) is 44.7 Å². The number of nitrogens with one attached hydrogen (secondary N) is 2. The molecule has 98 valence electrons. The first kappa shape index (κ1) is 13.1. The Bertz CT molecular complexity index is 389. The molecule has 1 amide bonds. The van der Waals surface area contributed by atoms with Crippen LogP contribution in [0.1, 0.15) is 38.2 Å². The molecule has 0 aliphatic heterocycles. The van der Waals surface area contributed by atoms with Gasteiger partial charge in [0.15, 0.2) is 0 Å². The van der Waals surface area contributed by atoms with Gasteiger partial charge in [-0.05, 0) is 25.8 Å². The minimum Gasteiger partial charge on any atom is -0.354 e. The van der Waals surface area contributed by atoms with Gasteiger partial charge in [0.1, 0.15) is 0 Å². The van der Waals surface area contributed by atoms with Crippen molar-refractivity contribution >= 4 is 5.91 Å². The molecule has 1 aliphatic carbocycles. The molecule has 0 saturated heterocycles. The van der Waals surface area contributed by atoms with Crippen molar-refractivity contribution in [2.24, 2.45) is 0 Å². The third-order valence-corrected chi connectivity index (χ3v) is 3.23. The third-order valence-electron chi connectivity index (χ3n) is 3.23. The van der Waals surface area contributed by atoms with E-state index in [2.05, 4.69) is 34.9 Å². The molecule has 18 heavy (non-hydrogen) atoms. The van der Waals surface area contributed by atoms with Gasteiger partial charge in [-0.15, -0.1) is 0 Å². The van der Waals surface area contributed by atoms with Crippen LogP contribution in [0.25, 0.3) is 0 Å². The van der Waals surface area contributed by atoms with Crippen LogP contribution in [0.3, 0.4) is 0 Å². The third kappa shape index (κ3) is 3.84. The second kappa shape index (κ2) is 6.01. The number of carbonyl (C=O) groups is 1. The quantitative estimate of drug-likeness (QED) is 0.806. The summed E-state index contributed by atoms with van der Waals surface area (Å²) >= 11 is 0. The summed E-state index contributed by atoms with van der Waals surface area (Å²) in [4.78, 5) is 11.5. The standard InChI is InChI=1S/C15H22N2O/c1-11(2)17-15(18)8-9-16-14-10-13(14)12-6-4-3-5-7-12/h3-7,11,13-14,16H,8-10H2,1-2H3,(H,17,18). The molecule has 0 spiro atoms. The fourth-order valence-electron chi connectivity index (χ4n) is 2.25. The normalized spacial score (nSPS) is 21.9. The van der Waals surface area contributed by atoms with Crippen molar-refractivity contribution in [2.75, 3.05) is 6.54 Å². The van der Waals surface area contributed by atoms with E-state index < -0.39 is 0 Å². The van der Waals surface area contributed by atoms with E-state index in [9.17, 15) is 4.79 Å². The van der Waals surface area contributed by atoms with Gasteiger partial charge in [0.2, 0.25) is 5.91 Å². The number of amides is 1. The highest BCUT2D eigenvalue weighted by molar-refractivity contribution is 5.76. The average molecular weight is 246 g/mol. The molecule has 0 bridgehead atoms. The van der Waals surface area contributed by atoms with Gasteiger partial charge in [-0.3, -0.25) is 4.79 Å². The molecule has 2 N–H and O–H groups in total. The zero-order valence-electron chi connectivity index (χ0n) is 11.1. The highest BCUT2D eigenvalue weighted by atomic mass is 16.1. The van der Waals surface area contributed by atoms with Crippen LogP contribution in [0, 0.1) is 0 Å². The molecule has 2 unspecified atom stereocenters. The number of hydrogen-bond acceptors (Lipinski definition) is 2. The van der Waals surface area contributed by atoms with E-state index >= 15 is 0 Å². The van der Waals surface area contributed by atoms with Crippen LogP contribution < -0.4 is 10.6 Å². The maximum Gasteiger partial charge on any atom is 0.221 e. The molecule has 0 radical (unpaired) electrons. The summed E-state index contributed by atoms with van der Waals surface area (Å²) in [5, 5.41) is 6.35. The van der Waals surface area contributed by atoms with Gasteiger partial charge in [0, 0.05) is 31.0 Å². The summed E-state index contributed by atoms with van der Waals surface area (Å²) in [5.74, 6) is 0.772. The van der Waals surface area contributed by atoms with E-state index in [-0.39, 0.29) is 11.9 Å². The summed E-state index contributed by atoms with van der Waals surface area (Å²) in [5.41, 5.74) is 1.40. The maximum atomic E-state index is 11.5. The van der Waals surface area contributed by atoms with Crippen molar-refractivity contribution in [1.29, 1.82) is 0 Å².